The van der Waals surface area contributed by atoms with Gasteiger partial charge in [0.1, 0.15) is 11.6 Å². The number of hydrogen-bond donors (Lipinski definition) is 0. The Bertz CT molecular complexity index is 775. The smallest absolute Gasteiger partial charge is 0.191 e. The molecule has 0 N–H and O–H groups in total. The minimum absolute atomic E-state index is 0.190. The Morgan fingerprint density at radius 2 is 1.85 bits per heavy atom. The van der Waals surface area contributed by atoms with E-state index in [1.54, 1.807) is 6.08 Å². The summed E-state index contributed by atoms with van der Waals surface area (Å²) >= 11 is 2.95. The first-order chi connectivity index (χ1) is 12.2. The maximum atomic E-state index is 12.2. The quantitative estimate of drug-likeness (QED) is 0.384. The highest BCUT2D eigenvalue weighted by Gasteiger charge is 2.22. The van der Waals surface area contributed by atoms with Crippen LogP contribution in [0.4, 0.5) is 0 Å². The van der Waals surface area contributed by atoms with Gasteiger partial charge in [-0.2, -0.15) is 0 Å². The van der Waals surface area contributed by atoms with Gasteiger partial charge in [0.2, 0.25) is 0 Å². The van der Waals surface area contributed by atoms with Crippen molar-refractivity contribution < 1.29 is 4.79 Å². The minimum Gasteiger partial charge on any atom is -0.301 e. The topological polar surface area (TPSA) is 73.6 Å². The summed E-state index contributed by atoms with van der Waals surface area (Å²) in [6.45, 7) is 14.1. The summed E-state index contributed by atoms with van der Waals surface area (Å²) in [6.07, 6.45) is 1.81. The van der Waals surface area contributed by atoms with Gasteiger partial charge in [0, 0.05) is 23.3 Å². The molecule has 140 valence electrons. The van der Waals surface area contributed by atoms with Gasteiger partial charge in [-0.05, 0) is 19.9 Å². The number of nitrogens with zero attached hydrogens (tertiary/aromatic N) is 5. The average molecular weight is 392 g/mol. The van der Waals surface area contributed by atoms with E-state index in [0.29, 0.717) is 18.1 Å². The summed E-state index contributed by atoms with van der Waals surface area (Å²) in [5.74, 6) is 2.00. The number of carbonyl (C=O) groups excluding carboxylic acids is 1. The van der Waals surface area contributed by atoms with E-state index in [2.05, 4.69) is 26.7 Å². The SMILES string of the molecule is C=CCn1c(CSc2nc(C)cc(C)n2)nnc1SCC(=O)C(C)(C)C. The molecule has 8 heteroatoms. The minimum atomic E-state index is -0.352. The fourth-order valence-corrected chi connectivity index (χ4v) is 4.10. The molecule has 0 aliphatic carbocycles. The Hall–Kier alpha value is -1.67. The first-order valence-electron chi connectivity index (χ1n) is 8.35. The van der Waals surface area contributed by atoms with Crippen LogP contribution in [0, 0.1) is 19.3 Å². The van der Waals surface area contributed by atoms with Crippen LogP contribution >= 0.6 is 23.5 Å². The van der Waals surface area contributed by atoms with E-state index in [9.17, 15) is 4.79 Å². The summed E-state index contributed by atoms with van der Waals surface area (Å²) in [7, 11) is 0. The second kappa shape index (κ2) is 8.81. The van der Waals surface area contributed by atoms with Crippen molar-refractivity contribution in [1.82, 2.24) is 24.7 Å². The van der Waals surface area contributed by atoms with E-state index in [4.69, 9.17) is 0 Å². The Morgan fingerprint density at radius 1 is 1.19 bits per heavy atom. The number of ketones is 1. The largest absolute Gasteiger partial charge is 0.301 e. The van der Waals surface area contributed by atoms with Crippen molar-refractivity contribution >= 4 is 29.3 Å². The van der Waals surface area contributed by atoms with Gasteiger partial charge < -0.3 is 4.57 Å². The molecule has 0 fully saturated rings. The molecule has 0 radical (unpaired) electrons. The van der Waals surface area contributed by atoms with Gasteiger partial charge in [-0.1, -0.05) is 50.4 Å². The van der Waals surface area contributed by atoms with Crippen LogP contribution in [0.5, 0.6) is 0 Å². The third kappa shape index (κ3) is 5.67. The lowest BCUT2D eigenvalue weighted by atomic mass is 9.92. The fourth-order valence-electron chi connectivity index (χ4n) is 2.08. The Kier molecular flexibility index (Phi) is 7.00. The molecule has 0 unspecified atom stereocenters. The second-order valence-corrected chi connectivity index (χ2v) is 8.87. The summed E-state index contributed by atoms with van der Waals surface area (Å²) in [5, 5.41) is 10.0. The molecule has 0 amide bonds. The van der Waals surface area contributed by atoms with E-state index >= 15 is 0 Å². The third-order valence-corrected chi connectivity index (χ3v) is 5.38. The van der Waals surface area contributed by atoms with Gasteiger partial charge in [0.25, 0.3) is 0 Å². The van der Waals surface area contributed by atoms with Crippen LogP contribution < -0.4 is 0 Å². The Morgan fingerprint density at radius 3 is 2.42 bits per heavy atom. The predicted molar refractivity (Wildman–Crippen MR) is 106 cm³/mol. The third-order valence-electron chi connectivity index (χ3n) is 3.57. The van der Waals surface area contributed by atoms with E-state index in [-0.39, 0.29) is 11.2 Å². The lowest BCUT2D eigenvalue weighted by molar-refractivity contribution is -0.123. The number of allylic oxidation sites excluding steroid dienone is 1. The Balaban J connectivity index is 2.10. The highest BCUT2D eigenvalue weighted by molar-refractivity contribution is 7.99. The molecule has 0 bridgehead atoms. The van der Waals surface area contributed by atoms with Crippen molar-refractivity contribution in [2.75, 3.05) is 5.75 Å². The number of aromatic nitrogens is 5. The average Bonchev–Trinajstić information content (AvgIpc) is 2.91. The van der Waals surface area contributed by atoms with Gasteiger partial charge in [0.05, 0.1) is 11.5 Å². The fraction of sp³-hybridized carbons (Fsp3) is 0.500. The zero-order valence-corrected chi connectivity index (χ0v) is 17.6. The highest BCUT2D eigenvalue weighted by atomic mass is 32.2. The maximum absolute atomic E-state index is 12.2. The zero-order chi connectivity index (χ0) is 19.3. The number of aryl methyl sites for hydroxylation is 2. The molecule has 26 heavy (non-hydrogen) atoms. The molecule has 2 aromatic heterocycles. The summed E-state index contributed by atoms with van der Waals surface area (Å²) in [5.41, 5.74) is 1.55. The first-order valence-corrected chi connectivity index (χ1v) is 10.3. The molecule has 2 heterocycles. The summed E-state index contributed by atoms with van der Waals surface area (Å²) in [6, 6.07) is 1.95. The number of hydrogen-bond acceptors (Lipinski definition) is 7. The van der Waals surface area contributed by atoms with Crippen molar-refractivity contribution in [2.24, 2.45) is 5.41 Å². The standard InChI is InChI=1S/C18H25N5OS2/c1-7-8-23-15(11-25-16-19-12(2)9-13(3)20-16)21-22-17(23)26-10-14(24)18(4,5)6/h7,9H,1,8,10-11H2,2-6H3. The van der Waals surface area contributed by atoms with Gasteiger partial charge in [-0.3, -0.25) is 4.79 Å². The van der Waals surface area contributed by atoms with Crippen LogP contribution in [0.15, 0.2) is 29.0 Å². The van der Waals surface area contributed by atoms with Crippen molar-refractivity contribution in [3.05, 3.63) is 35.9 Å². The lowest BCUT2D eigenvalue weighted by Gasteiger charge is -2.15. The molecule has 2 rings (SSSR count). The van der Waals surface area contributed by atoms with E-state index in [1.165, 1.54) is 23.5 Å². The number of carbonyl (C=O) groups is 1. The monoisotopic (exact) mass is 391 g/mol. The molecule has 0 spiro atoms. The molecule has 6 nitrogen and oxygen atoms in total. The maximum Gasteiger partial charge on any atom is 0.191 e. The van der Waals surface area contributed by atoms with Crippen molar-refractivity contribution in [1.29, 1.82) is 0 Å². The normalized spacial score (nSPS) is 11.6. The van der Waals surface area contributed by atoms with E-state index in [1.807, 2.05) is 45.3 Å². The molecular formula is C18H25N5OS2. The molecule has 0 aliphatic rings. The molecule has 2 aromatic rings. The summed E-state index contributed by atoms with van der Waals surface area (Å²) in [4.78, 5) is 21.1. The predicted octanol–water partition coefficient (Wildman–Crippen LogP) is 3.87. The van der Waals surface area contributed by atoms with Crippen LogP contribution in [0.3, 0.4) is 0 Å². The van der Waals surface area contributed by atoms with Gasteiger partial charge in [-0.15, -0.1) is 16.8 Å². The highest BCUT2D eigenvalue weighted by Crippen LogP contribution is 2.25. The van der Waals surface area contributed by atoms with Crippen LogP contribution in [0.2, 0.25) is 0 Å². The molecule has 0 saturated carbocycles. The van der Waals surface area contributed by atoms with Crippen LogP contribution in [-0.2, 0) is 17.1 Å². The van der Waals surface area contributed by atoms with Crippen molar-refractivity contribution in [2.45, 2.75) is 57.2 Å². The zero-order valence-electron chi connectivity index (χ0n) is 15.9. The Labute approximate surface area is 163 Å². The number of Topliss-reactive ketones (excluding diaryl/α,β-unsaturated/α-hetero) is 1. The van der Waals surface area contributed by atoms with Gasteiger partial charge in [0.15, 0.2) is 10.3 Å². The molecule has 0 atom stereocenters. The summed E-state index contributed by atoms with van der Waals surface area (Å²) < 4.78 is 1.99. The molecule has 0 saturated heterocycles. The number of rotatable bonds is 8. The molecule has 0 aromatic carbocycles. The van der Waals surface area contributed by atoms with E-state index in [0.717, 1.165) is 27.5 Å². The van der Waals surface area contributed by atoms with Gasteiger partial charge >= 0.3 is 0 Å². The van der Waals surface area contributed by atoms with Crippen LogP contribution in [0.1, 0.15) is 38.0 Å². The first kappa shape index (κ1) is 20.6. The number of thioether (sulfide) groups is 2. The van der Waals surface area contributed by atoms with Crippen molar-refractivity contribution in [3.8, 4) is 0 Å². The molecule has 0 aliphatic heterocycles. The van der Waals surface area contributed by atoms with Crippen LogP contribution in [0.25, 0.3) is 0 Å². The van der Waals surface area contributed by atoms with E-state index < -0.39 is 0 Å². The second-order valence-electron chi connectivity index (χ2n) is 6.98. The van der Waals surface area contributed by atoms with Crippen molar-refractivity contribution in [3.63, 3.8) is 0 Å². The molecular weight excluding hydrogens is 366 g/mol. The lowest BCUT2D eigenvalue weighted by Crippen LogP contribution is -2.22. The van der Waals surface area contributed by atoms with Crippen LogP contribution in [-0.4, -0.2) is 36.3 Å². The van der Waals surface area contributed by atoms with Gasteiger partial charge in [-0.25, -0.2) is 9.97 Å².